The predicted molar refractivity (Wildman–Crippen MR) is 36.3 cm³/mol. The van der Waals surface area contributed by atoms with Gasteiger partial charge in [0.15, 0.2) is 0 Å². The van der Waals surface area contributed by atoms with E-state index in [9.17, 15) is 4.79 Å². The number of rotatable bonds is 0. The van der Waals surface area contributed by atoms with Crippen LogP contribution in [0, 0.1) is 17.8 Å². The highest BCUT2D eigenvalue weighted by Gasteiger charge is 2.57. The molecule has 0 aromatic rings. The number of nitrogens with one attached hydrogen (secondary N) is 1. The SMILES string of the molecule is O=C1N[C@@H]2[C@H]3CC[C@H](C3)[C@H]12. The Balaban J connectivity index is 1.95. The van der Waals surface area contributed by atoms with Gasteiger partial charge in [-0.3, -0.25) is 4.79 Å². The Morgan fingerprint density at radius 2 is 2.10 bits per heavy atom. The molecule has 1 saturated heterocycles. The number of carbonyl (C=O) groups is 1. The van der Waals surface area contributed by atoms with Crippen molar-refractivity contribution in [3.05, 3.63) is 0 Å². The topological polar surface area (TPSA) is 29.1 Å². The molecule has 2 heteroatoms. The second-order valence-corrected chi connectivity index (χ2v) is 3.89. The first-order valence-electron chi connectivity index (χ1n) is 4.16. The zero-order valence-corrected chi connectivity index (χ0v) is 5.84. The fraction of sp³-hybridized carbons (Fsp3) is 0.875. The third kappa shape index (κ3) is 0.386. The summed E-state index contributed by atoms with van der Waals surface area (Å²) in [6.07, 6.45) is 4.01. The smallest absolute Gasteiger partial charge is 0.225 e. The molecule has 3 aliphatic rings. The van der Waals surface area contributed by atoms with Gasteiger partial charge in [0, 0.05) is 6.04 Å². The molecule has 0 spiro atoms. The number of β-lactam (4-membered cyclic amide) rings is 1. The maximum Gasteiger partial charge on any atom is 0.225 e. The minimum absolute atomic E-state index is 0.331. The molecule has 0 aromatic heterocycles. The predicted octanol–water partition coefficient (Wildman–Crippen LogP) is 0.531. The average Bonchev–Trinajstić information content (AvgIpc) is 2.40. The normalized spacial score (nSPS) is 55.8. The summed E-state index contributed by atoms with van der Waals surface area (Å²) in [5, 5.41) is 3.00. The Hall–Kier alpha value is -0.530. The Labute approximate surface area is 60.0 Å². The summed E-state index contributed by atoms with van der Waals surface area (Å²) in [5.74, 6) is 2.40. The van der Waals surface area contributed by atoms with Gasteiger partial charge < -0.3 is 5.32 Å². The molecule has 54 valence electrons. The van der Waals surface area contributed by atoms with Gasteiger partial charge in [-0.1, -0.05) is 0 Å². The average molecular weight is 137 g/mol. The molecular formula is C8H11NO. The van der Waals surface area contributed by atoms with Crippen molar-refractivity contribution in [2.24, 2.45) is 17.8 Å². The van der Waals surface area contributed by atoms with Crippen molar-refractivity contribution < 1.29 is 4.79 Å². The molecule has 2 aliphatic carbocycles. The van der Waals surface area contributed by atoms with Crippen LogP contribution in [0.5, 0.6) is 0 Å². The Bertz CT molecular complexity index is 199. The third-order valence-corrected chi connectivity index (χ3v) is 3.53. The first kappa shape index (κ1) is 5.16. The lowest BCUT2D eigenvalue weighted by atomic mass is 9.78. The van der Waals surface area contributed by atoms with Crippen LogP contribution in [0.25, 0.3) is 0 Å². The van der Waals surface area contributed by atoms with Crippen molar-refractivity contribution in [3.8, 4) is 0 Å². The number of fused-ring (bicyclic) bond motifs is 5. The van der Waals surface area contributed by atoms with Gasteiger partial charge in [0.2, 0.25) is 5.91 Å². The van der Waals surface area contributed by atoms with Crippen LogP contribution in [-0.2, 0) is 4.79 Å². The molecule has 3 rings (SSSR count). The first-order chi connectivity index (χ1) is 4.86. The quantitative estimate of drug-likeness (QED) is 0.485. The van der Waals surface area contributed by atoms with Gasteiger partial charge >= 0.3 is 0 Å². The molecule has 3 fully saturated rings. The summed E-state index contributed by atoms with van der Waals surface area (Å²) in [5.41, 5.74) is 0. The second-order valence-electron chi connectivity index (χ2n) is 3.89. The molecule has 2 nitrogen and oxygen atoms in total. The third-order valence-electron chi connectivity index (χ3n) is 3.53. The molecule has 1 aliphatic heterocycles. The second kappa shape index (κ2) is 1.39. The summed E-state index contributed by atoms with van der Waals surface area (Å²) in [4.78, 5) is 11.0. The molecule has 0 aromatic carbocycles. The van der Waals surface area contributed by atoms with E-state index in [1.54, 1.807) is 0 Å². The molecule has 2 saturated carbocycles. The maximum atomic E-state index is 11.0. The van der Waals surface area contributed by atoms with E-state index in [2.05, 4.69) is 5.32 Å². The highest BCUT2D eigenvalue weighted by atomic mass is 16.2. The number of carbonyl (C=O) groups excluding carboxylic acids is 1. The van der Waals surface area contributed by atoms with E-state index in [-0.39, 0.29) is 0 Å². The highest BCUT2D eigenvalue weighted by Crippen LogP contribution is 2.51. The lowest BCUT2D eigenvalue weighted by Crippen LogP contribution is -2.60. The Morgan fingerprint density at radius 1 is 1.30 bits per heavy atom. The molecule has 0 unspecified atom stereocenters. The van der Waals surface area contributed by atoms with E-state index >= 15 is 0 Å². The van der Waals surface area contributed by atoms with Crippen molar-refractivity contribution in [2.45, 2.75) is 25.3 Å². The van der Waals surface area contributed by atoms with Crippen molar-refractivity contribution >= 4 is 5.91 Å². The van der Waals surface area contributed by atoms with Gasteiger partial charge in [-0.2, -0.15) is 0 Å². The van der Waals surface area contributed by atoms with Gasteiger partial charge in [0.05, 0.1) is 5.92 Å². The van der Waals surface area contributed by atoms with Crippen LogP contribution in [0.4, 0.5) is 0 Å². The molecule has 4 atom stereocenters. The molecule has 10 heavy (non-hydrogen) atoms. The monoisotopic (exact) mass is 137 g/mol. The Kier molecular flexibility index (Phi) is 0.715. The highest BCUT2D eigenvalue weighted by molar-refractivity contribution is 5.87. The first-order valence-corrected chi connectivity index (χ1v) is 4.16. The largest absolute Gasteiger partial charge is 0.352 e. The molecule has 0 radical (unpaired) electrons. The van der Waals surface area contributed by atoms with Gasteiger partial charge in [0.25, 0.3) is 0 Å². The van der Waals surface area contributed by atoms with Crippen LogP contribution < -0.4 is 5.32 Å². The van der Waals surface area contributed by atoms with Crippen LogP contribution >= 0.6 is 0 Å². The molecule has 2 bridgehead atoms. The lowest BCUT2D eigenvalue weighted by molar-refractivity contribution is -0.137. The number of amides is 1. The van der Waals surface area contributed by atoms with Crippen LogP contribution in [0.2, 0.25) is 0 Å². The van der Waals surface area contributed by atoms with E-state index in [1.807, 2.05) is 0 Å². The summed E-state index contributed by atoms with van der Waals surface area (Å²) < 4.78 is 0. The van der Waals surface area contributed by atoms with E-state index < -0.39 is 0 Å². The van der Waals surface area contributed by atoms with Crippen LogP contribution in [0.3, 0.4) is 0 Å². The van der Waals surface area contributed by atoms with Gasteiger partial charge in [-0.05, 0) is 31.1 Å². The van der Waals surface area contributed by atoms with E-state index in [1.165, 1.54) is 19.3 Å². The molecule has 1 heterocycles. The van der Waals surface area contributed by atoms with Gasteiger partial charge in [0.1, 0.15) is 0 Å². The zero-order valence-electron chi connectivity index (χ0n) is 5.84. The standard InChI is InChI=1S/C8H11NO/c10-8-6-4-1-2-5(3-4)7(6)9-8/h4-7H,1-3H2,(H,9,10)/t4-,5+,6+,7-/m1/s1. The molecule has 1 N–H and O–H groups in total. The summed E-state index contributed by atoms with van der Waals surface area (Å²) in [7, 11) is 0. The maximum absolute atomic E-state index is 11.0. The van der Waals surface area contributed by atoms with Gasteiger partial charge in [-0.25, -0.2) is 0 Å². The van der Waals surface area contributed by atoms with E-state index in [0.717, 1.165) is 11.8 Å². The van der Waals surface area contributed by atoms with Gasteiger partial charge in [-0.15, -0.1) is 0 Å². The minimum atomic E-state index is 0.331. The van der Waals surface area contributed by atoms with Crippen LogP contribution in [0.1, 0.15) is 19.3 Å². The fourth-order valence-electron chi connectivity index (χ4n) is 3.04. The Morgan fingerprint density at radius 3 is 2.70 bits per heavy atom. The zero-order chi connectivity index (χ0) is 6.72. The van der Waals surface area contributed by atoms with Crippen molar-refractivity contribution in [1.82, 2.24) is 5.32 Å². The summed E-state index contributed by atoms with van der Waals surface area (Å²) in [6.45, 7) is 0. The van der Waals surface area contributed by atoms with Crippen molar-refractivity contribution in [2.75, 3.05) is 0 Å². The molecular weight excluding hydrogens is 126 g/mol. The summed E-state index contributed by atoms with van der Waals surface area (Å²) in [6, 6.07) is 0.603. The van der Waals surface area contributed by atoms with Crippen LogP contribution in [0.15, 0.2) is 0 Å². The van der Waals surface area contributed by atoms with E-state index in [4.69, 9.17) is 0 Å². The van der Waals surface area contributed by atoms with Crippen LogP contribution in [-0.4, -0.2) is 11.9 Å². The fourth-order valence-corrected chi connectivity index (χ4v) is 3.04. The van der Waals surface area contributed by atoms with E-state index in [0.29, 0.717) is 17.9 Å². The lowest BCUT2D eigenvalue weighted by Gasteiger charge is -2.39. The number of hydrogen-bond acceptors (Lipinski definition) is 1. The molecule has 1 amide bonds. The van der Waals surface area contributed by atoms with Crippen molar-refractivity contribution in [3.63, 3.8) is 0 Å². The van der Waals surface area contributed by atoms with Crippen molar-refractivity contribution in [1.29, 1.82) is 0 Å². The minimum Gasteiger partial charge on any atom is -0.352 e. The number of hydrogen-bond donors (Lipinski definition) is 1. The summed E-state index contributed by atoms with van der Waals surface area (Å²) >= 11 is 0.